The molecule has 0 saturated heterocycles. The molecular formula is C6H7F3O. The fraction of sp³-hybridized carbons (Fsp3) is 0.833. The van der Waals surface area contributed by atoms with Gasteiger partial charge in [0.2, 0.25) is 0 Å². The van der Waals surface area contributed by atoms with E-state index in [0.717, 1.165) is 0 Å². The van der Waals surface area contributed by atoms with Crippen molar-refractivity contribution in [1.29, 1.82) is 0 Å². The van der Waals surface area contributed by atoms with Gasteiger partial charge in [0, 0.05) is 19.3 Å². The van der Waals surface area contributed by atoms with Crippen molar-refractivity contribution in [3.63, 3.8) is 0 Å². The first kappa shape index (κ1) is 7.57. The highest BCUT2D eigenvalue weighted by atomic mass is 19.4. The summed E-state index contributed by atoms with van der Waals surface area (Å²) < 4.78 is 34.6. The average Bonchev–Trinajstić information content (AvgIpc) is 1.57. The van der Waals surface area contributed by atoms with E-state index in [1.54, 1.807) is 0 Å². The van der Waals surface area contributed by atoms with Crippen LogP contribution in [0.5, 0.6) is 0 Å². The summed E-state index contributed by atoms with van der Waals surface area (Å²) in [7, 11) is 0. The van der Waals surface area contributed by atoms with Crippen LogP contribution in [-0.2, 0) is 4.79 Å². The standard InChI is InChI=1S/C6H7F3O/c7-6(8,9)3-4-1-5(10)2-4/h4H,1-3H2. The normalized spacial score (nSPS) is 20.9. The summed E-state index contributed by atoms with van der Waals surface area (Å²) in [6.07, 6.45) is -4.64. The Morgan fingerprint density at radius 3 is 2.20 bits per heavy atom. The molecule has 58 valence electrons. The molecule has 0 amide bonds. The number of carbonyl (C=O) groups excluding carboxylic acids is 1. The summed E-state index contributed by atoms with van der Waals surface area (Å²) in [4.78, 5) is 10.2. The molecule has 0 unspecified atom stereocenters. The molecule has 1 fully saturated rings. The van der Waals surface area contributed by atoms with Gasteiger partial charge in [-0.15, -0.1) is 0 Å². The second kappa shape index (κ2) is 2.25. The van der Waals surface area contributed by atoms with Crippen molar-refractivity contribution < 1.29 is 18.0 Å². The van der Waals surface area contributed by atoms with E-state index in [1.807, 2.05) is 0 Å². The van der Waals surface area contributed by atoms with Crippen molar-refractivity contribution in [3.05, 3.63) is 0 Å². The smallest absolute Gasteiger partial charge is 0.300 e. The van der Waals surface area contributed by atoms with Gasteiger partial charge in [-0.1, -0.05) is 0 Å². The predicted octanol–water partition coefficient (Wildman–Crippen LogP) is 1.92. The Morgan fingerprint density at radius 2 is 1.90 bits per heavy atom. The van der Waals surface area contributed by atoms with Gasteiger partial charge in [0.05, 0.1) is 0 Å². The number of ketones is 1. The number of rotatable bonds is 1. The Kier molecular flexibility index (Phi) is 1.70. The molecule has 1 aliphatic carbocycles. The summed E-state index contributed by atoms with van der Waals surface area (Å²) in [5.74, 6) is -0.471. The molecule has 0 spiro atoms. The molecule has 1 nitrogen and oxygen atoms in total. The molecule has 0 aliphatic heterocycles. The highest BCUT2D eigenvalue weighted by Crippen LogP contribution is 2.34. The molecule has 0 aromatic rings. The highest BCUT2D eigenvalue weighted by molar-refractivity contribution is 5.84. The molecule has 10 heavy (non-hydrogen) atoms. The van der Waals surface area contributed by atoms with Gasteiger partial charge in [-0.25, -0.2) is 0 Å². The lowest BCUT2D eigenvalue weighted by molar-refractivity contribution is -0.155. The second-order valence-corrected chi connectivity index (χ2v) is 2.63. The first-order valence-corrected chi connectivity index (χ1v) is 3.06. The summed E-state index contributed by atoms with van der Waals surface area (Å²) >= 11 is 0. The third-order valence-corrected chi connectivity index (χ3v) is 1.55. The van der Waals surface area contributed by atoms with E-state index in [-0.39, 0.29) is 18.6 Å². The third kappa shape index (κ3) is 2.01. The van der Waals surface area contributed by atoms with E-state index in [0.29, 0.717) is 0 Å². The summed E-state index contributed by atoms with van der Waals surface area (Å²) in [6, 6.07) is 0. The quantitative estimate of drug-likeness (QED) is 0.561. The van der Waals surface area contributed by atoms with Crippen LogP contribution in [0.25, 0.3) is 0 Å². The number of hydrogen-bond donors (Lipinski definition) is 0. The van der Waals surface area contributed by atoms with Gasteiger partial charge in [0.15, 0.2) is 0 Å². The van der Waals surface area contributed by atoms with Gasteiger partial charge in [0.1, 0.15) is 5.78 Å². The lowest BCUT2D eigenvalue weighted by Crippen LogP contribution is -2.28. The second-order valence-electron chi connectivity index (χ2n) is 2.63. The van der Waals surface area contributed by atoms with E-state index >= 15 is 0 Å². The van der Waals surface area contributed by atoms with Crippen LogP contribution in [0.2, 0.25) is 0 Å². The van der Waals surface area contributed by atoms with Crippen molar-refractivity contribution >= 4 is 5.78 Å². The molecule has 1 aliphatic rings. The van der Waals surface area contributed by atoms with Crippen LogP contribution in [-0.4, -0.2) is 12.0 Å². The van der Waals surface area contributed by atoms with Crippen LogP contribution < -0.4 is 0 Å². The number of hydrogen-bond acceptors (Lipinski definition) is 1. The monoisotopic (exact) mass is 152 g/mol. The first-order chi connectivity index (χ1) is 4.47. The van der Waals surface area contributed by atoms with Gasteiger partial charge in [-0.2, -0.15) is 13.2 Å². The summed E-state index contributed by atoms with van der Waals surface area (Å²) in [5, 5.41) is 0. The SMILES string of the molecule is O=C1CC(CC(F)(F)F)C1. The molecule has 0 aromatic carbocycles. The molecule has 1 rings (SSSR count). The van der Waals surface area contributed by atoms with Gasteiger partial charge in [0.25, 0.3) is 0 Å². The molecule has 0 aromatic heterocycles. The Morgan fingerprint density at radius 1 is 1.40 bits per heavy atom. The topological polar surface area (TPSA) is 17.1 Å². The van der Waals surface area contributed by atoms with E-state index < -0.39 is 18.5 Å². The van der Waals surface area contributed by atoms with Crippen LogP contribution in [0.4, 0.5) is 13.2 Å². The molecule has 0 heterocycles. The van der Waals surface area contributed by atoms with Crippen molar-refractivity contribution in [1.82, 2.24) is 0 Å². The zero-order chi connectivity index (χ0) is 7.78. The maximum absolute atomic E-state index is 11.5. The molecule has 0 N–H and O–H groups in total. The molecule has 0 atom stereocenters. The minimum absolute atomic E-state index is 0.0470. The van der Waals surface area contributed by atoms with Crippen molar-refractivity contribution in [2.75, 3.05) is 0 Å². The lowest BCUT2D eigenvalue weighted by Gasteiger charge is -2.24. The zero-order valence-corrected chi connectivity index (χ0v) is 5.24. The Labute approximate surface area is 56.2 Å². The number of halogens is 3. The van der Waals surface area contributed by atoms with E-state index in [4.69, 9.17) is 0 Å². The minimum atomic E-state index is -4.09. The molecule has 0 bridgehead atoms. The largest absolute Gasteiger partial charge is 0.389 e. The van der Waals surface area contributed by atoms with Gasteiger partial charge >= 0.3 is 6.18 Å². The molecule has 1 saturated carbocycles. The third-order valence-electron chi connectivity index (χ3n) is 1.55. The molecule has 4 heteroatoms. The summed E-state index contributed by atoms with van der Waals surface area (Å²) in [6.45, 7) is 0. The van der Waals surface area contributed by atoms with E-state index in [2.05, 4.69) is 0 Å². The van der Waals surface area contributed by atoms with Gasteiger partial charge < -0.3 is 0 Å². The minimum Gasteiger partial charge on any atom is -0.300 e. The van der Waals surface area contributed by atoms with Crippen molar-refractivity contribution in [2.45, 2.75) is 25.4 Å². The zero-order valence-electron chi connectivity index (χ0n) is 5.24. The maximum atomic E-state index is 11.5. The Bertz CT molecular complexity index is 142. The van der Waals surface area contributed by atoms with Crippen molar-refractivity contribution in [2.24, 2.45) is 5.92 Å². The van der Waals surface area contributed by atoms with Gasteiger partial charge in [-0.3, -0.25) is 4.79 Å². The first-order valence-electron chi connectivity index (χ1n) is 3.06. The fourth-order valence-electron chi connectivity index (χ4n) is 1.06. The predicted molar refractivity (Wildman–Crippen MR) is 28.4 cm³/mol. The van der Waals surface area contributed by atoms with Crippen LogP contribution in [0, 0.1) is 5.92 Å². The van der Waals surface area contributed by atoms with Crippen LogP contribution >= 0.6 is 0 Å². The van der Waals surface area contributed by atoms with Crippen LogP contribution in [0.1, 0.15) is 19.3 Å². The Balaban J connectivity index is 2.22. The number of Topliss-reactive ketones (excluding diaryl/α,β-unsaturated/α-hetero) is 1. The lowest BCUT2D eigenvalue weighted by atomic mass is 9.81. The van der Waals surface area contributed by atoms with Crippen LogP contribution in [0.3, 0.4) is 0 Å². The molecular weight excluding hydrogens is 145 g/mol. The van der Waals surface area contributed by atoms with E-state index in [9.17, 15) is 18.0 Å². The molecule has 0 radical (unpaired) electrons. The fourth-order valence-corrected chi connectivity index (χ4v) is 1.06. The van der Waals surface area contributed by atoms with Crippen LogP contribution in [0.15, 0.2) is 0 Å². The van der Waals surface area contributed by atoms with Crippen molar-refractivity contribution in [3.8, 4) is 0 Å². The summed E-state index contributed by atoms with van der Waals surface area (Å²) in [5.41, 5.74) is 0. The average molecular weight is 152 g/mol. The number of alkyl halides is 3. The Hall–Kier alpha value is -0.540. The highest BCUT2D eigenvalue weighted by Gasteiger charge is 2.37. The number of carbonyl (C=O) groups is 1. The van der Waals surface area contributed by atoms with E-state index in [1.165, 1.54) is 0 Å². The van der Waals surface area contributed by atoms with Gasteiger partial charge in [-0.05, 0) is 5.92 Å². The maximum Gasteiger partial charge on any atom is 0.389 e.